The molecular formula is C16H13ClO3. The number of hydrogen-bond acceptors (Lipinski definition) is 3. The molecule has 0 spiro atoms. The van der Waals surface area contributed by atoms with Crippen LogP contribution < -0.4 is 4.74 Å². The number of methoxy groups -OCH3 is 1. The largest absolute Gasteiger partial charge is 0.504 e. The lowest BCUT2D eigenvalue weighted by Gasteiger charge is -2.05. The number of ketones is 1. The van der Waals surface area contributed by atoms with Crippen LogP contribution in [0.15, 0.2) is 48.5 Å². The molecule has 4 heteroatoms. The van der Waals surface area contributed by atoms with Crippen molar-refractivity contribution in [3.8, 4) is 11.5 Å². The number of para-hydroxylation sites is 1. The Balaban J connectivity index is 2.22. The van der Waals surface area contributed by atoms with Gasteiger partial charge in [-0.3, -0.25) is 4.79 Å². The molecule has 0 bridgehead atoms. The molecule has 0 amide bonds. The minimum atomic E-state index is -0.295. The van der Waals surface area contributed by atoms with Gasteiger partial charge < -0.3 is 9.84 Å². The molecule has 20 heavy (non-hydrogen) atoms. The van der Waals surface area contributed by atoms with Crippen molar-refractivity contribution >= 4 is 23.5 Å². The molecule has 1 N–H and O–H groups in total. The summed E-state index contributed by atoms with van der Waals surface area (Å²) in [6.07, 6.45) is 3.06. The predicted octanol–water partition coefficient (Wildman–Crippen LogP) is 3.95. The maximum absolute atomic E-state index is 12.0. The van der Waals surface area contributed by atoms with E-state index in [9.17, 15) is 9.90 Å². The highest BCUT2D eigenvalue weighted by molar-refractivity contribution is 6.30. The molecule has 0 radical (unpaired) electrons. The summed E-state index contributed by atoms with van der Waals surface area (Å²) in [5.41, 5.74) is 1.06. The first kappa shape index (κ1) is 14.2. The van der Waals surface area contributed by atoms with E-state index >= 15 is 0 Å². The van der Waals surface area contributed by atoms with Gasteiger partial charge in [-0.2, -0.15) is 0 Å². The lowest BCUT2D eigenvalue weighted by Crippen LogP contribution is -1.96. The summed E-state index contributed by atoms with van der Waals surface area (Å²) in [4.78, 5) is 12.0. The third-order valence-corrected chi connectivity index (χ3v) is 3.03. The lowest BCUT2D eigenvalue weighted by molar-refractivity contribution is 0.104. The van der Waals surface area contributed by atoms with Crippen LogP contribution in [-0.2, 0) is 0 Å². The van der Waals surface area contributed by atoms with E-state index in [1.807, 2.05) is 0 Å². The molecule has 102 valence electrons. The molecule has 0 atom stereocenters. The lowest BCUT2D eigenvalue weighted by atomic mass is 10.1. The zero-order valence-electron chi connectivity index (χ0n) is 10.8. The van der Waals surface area contributed by atoms with Gasteiger partial charge in [0.15, 0.2) is 17.3 Å². The first-order valence-electron chi connectivity index (χ1n) is 5.96. The van der Waals surface area contributed by atoms with Crippen LogP contribution in [0.5, 0.6) is 11.5 Å². The van der Waals surface area contributed by atoms with Gasteiger partial charge in [0.2, 0.25) is 0 Å². The Hall–Kier alpha value is -2.26. The van der Waals surface area contributed by atoms with Crippen molar-refractivity contribution in [2.24, 2.45) is 0 Å². The zero-order valence-corrected chi connectivity index (χ0v) is 11.6. The Morgan fingerprint density at radius 2 is 1.90 bits per heavy atom. The maximum Gasteiger partial charge on any atom is 0.189 e. The van der Waals surface area contributed by atoms with Gasteiger partial charge in [0, 0.05) is 5.02 Å². The maximum atomic E-state index is 12.0. The van der Waals surface area contributed by atoms with Crippen molar-refractivity contribution in [1.82, 2.24) is 0 Å². The van der Waals surface area contributed by atoms with Crippen molar-refractivity contribution in [3.05, 3.63) is 64.7 Å². The van der Waals surface area contributed by atoms with E-state index in [4.69, 9.17) is 16.3 Å². The van der Waals surface area contributed by atoms with Crippen LogP contribution in [0, 0.1) is 0 Å². The van der Waals surface area contributed by atoms with E-state index in [1.165, 1.54) is 13.2 Å². The molecule has 0 heterocycles. The zero-order chi connectivity index (χ0) is 14.5. The summed E-state index contributed by atoms with van der Waals surface area (Å²) in [6, 6.07) is 11.9. The second kappa shape index (κ2) is 6.26. The van der Waals surface area contributed by atoms with Gasteiger partial charge >= 0.3 is 0 Å². The summed E-state index contributed by atoms with van der Waals surface area (Å²) < 4.78 is 4.97. The van der Waals surface area contributed by atoms with Crippen LogP contribution in [0.25, 0.3) is 6.08 Å². The molecule has 0 aromatic heterocycles. The number of phenols is 1. The number of carbonyl (C=O) groups excluding carboxylic acids is 1. The second-order valence-corrected chi connectivity index (χ2v) is 4.54. The third-order valence-electron chi connectivity index (χ3n) is 2.78. The summed E-state index contributed by atoms with van der Waals surface area (Å²) in [6.45, 7) is 0. The standard InChI is InChI=1S/C16H13ClO3/c1-20-15-4-2-3-13(16(15)19)14(18)10-7-11-5-8-12(17)9-6-11/h2-10,19H,1H3/b10-7+. The number of ether oxygens (including phenoxy) is 1. The number of phenolic OH excluding ortho intramolecular Hbond substituents is 1. The Kier molecular flexibility index (Phi) is 4.43. The monoisotopic (exact) mass is 288 g/mol. The van der Waals surface area contributed by atoms with Crippen LogP contribution in [0.3, 0.4) is 0 Å². The van der Waals surface area contributed by atoms with Crippen LogP contribution in [0.4, 0.5) is 0 Å². The highest BCUT2D eigenvalue weighted by Crippen LogP contribution is 2.29. The van der Waals surface area contributed by atoms with Crippen LogP contribution >= 0.6 is 11.6 Å². The molecule has 0 aliphatic rings. The third kappa shape index (κ3) is 3.19. The van der Waals surface area contributed by atoms with E-state index in [2.05, 4.69) is 0 Å². The Morgan fingerprint density at radius 1 is 1.20 bits per heavy atom. The number of carbonyl (C=O) groups is 1. The number of allylic oxidation sites excluding steroid dienone is 1. The van der Waals surface area contributed by atoms with E-state index in [-0.39, 0.29) is 22.8 Å². The molecule has 0 saturated heterocycles. The van der Waals surface area contributed by atoms with Gasteiger partial charge in [0.1, 0.15) is 0 Å². The van der Waals surface area contributed by atoms with Crippen LogP contribution in [0.1, 0.15) is 15.9 Å². The van der Waals surface area contributed by atoms with Crippen molar-refractivity contribution < 1.29 is 14.6 Å². The van der Waals surface area contributed by atoms with E-state index in [1.54, 1.807) is 48.5 Å². The van der Waals surface area contributed by atoms with Gasteiger partial charge in [0.25, 0.3) is 0 Å². The predicted molar refractivity (Wildman–Crippen MR) is 79.5 cm³/mol. The fraction of sp³-hybridized carbons (Fsp3) is 0.0625. The molecule has 3 nitrogen and oxygen atoms in total. The number of rotatable bonds is 4. The smallest absolute Gasteiger partial charge is 0.189 e. The van der Waals surface area contributed by atoms with E-state index in [0.29, 0.717) is 5.02 Å². The van der Waals surface area contributed by atoms with Crippen LogP contribution in [0.2, 0.25) is 5.02 Å². The van der Waals surface area contributed by atoms with Gasteiger partial charge in [-0.15, -0.1) is 0 Å². The quantitative estimate of drug-likeness (QED) is 0.684. The number of aromatic hydroxyl groups is 1. The van der Waals surface area contributed by atoms with E-state index in [0.717, 1.165) is 5.56 Å². The minimum absolute atomic E-state index is 0.152. The summed E-state index contributed by atoms with van der Waals surface area (Å²) >= 11 is 5.79. The topological polar surface area (TPSA) is 46.5 Å². The molecule has 0 aliphatic heterocycles. The molecule has 2 rings (SSSR count). The van der Waals surface area contributed by atoms with E-state index < -0.39 is 0 Å². The molecule has 0 unspecified atom stereocenters. The fourth-order valence-corrected chi connectivity index (χ4v) is 1.85. The second-order valence-electron chi connectivity index (χ2n) is 4.11. The Bertz CT molecular complexity index is 645. The summed E-state index contributed by atoms with van der Waals surface area (Å²) in [7, 11) is 1.44. The Labute approximate surface area is 122 Å². The molecule has 2 aromatic carbocycles. The highest BCUT2D eigenvalue weighted by atomic mass is 35.5. The first-order chi connectivity index (χ1) is 9.61. The average molecular weight is 289 g/mol. The summed E-state index contributed by atoms with van der Waals surface area (Å²) in [5.74, 6) is -0.173. The number of benzene rings is 2. The summed E-state index contributed by atoms with van der Waals surface area (Å²) in [5, 5.41) is 10.5. The average Bonchev–Trinajstić information content (AvgIpc) is 2.46. The molecule has 0 aliphatic carbocycles. The van der Waals surface area contributed by atoms with Gasteiger partial charge in [-0.25, -0.2) is 0 Å². The number of halogens is 1. The Morgan fingerprint density at radius 3 is 2.55 bits per heavy atom. The van der Waals surface area contributed by atoms with Crippen molar-refractivity contribution in [3.63, 3.8) is 0 Å². The fourth-order valence-electron chi connectivity index (χ4n) is 1.72. The number of hydrogen-bond donors (Lipinski definition) is 1. The molecule has 0 fully saturated rings. The first-order valence-corrected chi connectivity index (χ1v) is 6.33. The van der Waals surface area contributed by atoms with Gasteiger partial charge in [-0.05, 0) is 35.9 Å². The van der Waals surface area contributed by atoms with Gasteiger partial charge in [-0.1, -0.05) is 35.9 Å². The SMILES string of the molecule is COc1cccc(C(=O)/C=C/c2ccc(Cl)cc2)c1O. The molecular weight excluding hydrogens is 276 g/mol. The molecule has 2 aromatic rings. The molecule has 0 saturated carbocycles. The normalized spacial score (nSPS) is 10.7. The highest BCUT2D eigenvalue weighted by Gasteiger charge is 2.12. The van der Waals surface area contributed by atoms with Gasteiger partial charge in [0.05, 0.1) is 12.7 Å². The minimum Gasteiger partial charge on any atom is -0.504 e. The van der Waals surface area contributed by atoms with Crippen molar-refractivity contribution in [2.75, 3.05) is 7.11 Å². The van der Waals surface area contributed by atoms with Crippen LogP contribution in [-0.4, -0.2) is 18.0 Å². The van der Waals surface area contributed by atoms with Crippen molar-refractivity contribution in [1.29, 1.82) is 0 Å². The van der Waals surface area contributed by atoms with Crippen molar-refractivity contribution in [2.45, 2.75) is 0 Å².